The third-order valence-electron chi connectivity index (χ3n) is 6.67. The predicted octanol–water partition coefficient (Wildman–Crippen LogP) is 0.417. The molecule has 0 spiro atoms. The Morgan fingerprint density at radius 1 is 0.952 bits per heavy atom. The topological polar surface area (TPSA) is 247 Å². The highest BCUT2D eigenvalue weighted by Gasteiger charge is 2.25. The Morgan fingerprint density at radius 2 is 1.57 bits per heavy atom. The molecule has 0 aliphatic heterocycles. The average molecular weight is 585 g/mol. The summed E-state index contributed by atoms with van der Waals surface area (Å²) >= 11 is 0. The number of amides is 2. The van der Waals surface area contributed by atoms with Crippen LogP contribution in [0.5, 0.6) is 0 Å². The smallest absolute Gasteiger partial charge is 0.326 e. The second-order valence-corrected chi connectivity index (χ2v) is 9.73. The molecule has 8 N–H and O–H groups in total. The monoisotopic (exact) mass is 584 g/mol. The number of carboxylic acids is 3. The van der Waals surface area contributed by atoms with Gasteiger partial charge < -0.3 is 36.3 Å². The van der Waals surface area contributed by atoms with Crippen molar-refractivity contribution in [1.29, 1.82) is 0 Å². The number of anilines is 1. The molecule has 0 saturated heterocycles. The van der Waals surface area contributed by atoms with E-state index in [-0.39, 0.29) is 29.9 Å². The summed E-state index contributed by atoms with van der Waals surface area (Å²) in [6, 6.07) is 5.53. The summed E-state index contributed by atoms with van der Waals surface area (Å²) < 4.78 is 1.82. The lowest BCUT2D eigenvalue weighted by Gasteiger charge is -2.16. The van der Waals surface area contributed by atoms with Crippen LogP contribution < -0.4 is 21.9 Å². The summed E-state index contributed by atoms with van der Waals surface area (Å²) in [5, 5.41) is 32.3. The third-order valence-corrected chi connectivity index (χ3v) is 6.67. The van der Waals surface area contributed by atoms with Gasteiger partial charge in [0.05, 0.1) is 5.39 Å². The molecule has 3 rings (SSSR count). The standard InChI is InChI=1S/C27H32N6O9/c1-33-16(13-17-22(33)31-27(28)32-24(17)38)4-2-3-14-5-7-15(8-6-14)23(37)30-19(26(41)42)9-11-20(34)29-18(25(39)40)10-12-21(35)36/h5-8,13,18-19H,2-4,9-12H2,1H3,(H,29,34)(H,30,37)(H,35,36)(H,39,40)(H,41,42)(H3,28,31,32,38)/t18-,19-/m0/s1. The van der Waals surface area contributed by atoms with Crippen LogP contribution in [0.25, 0.3) is 11.0 Å². The van der Waals surface area contributed by atoms with Gasteiger partial charge in [0.2, 0.25) is 11.9 Å². The van der Waals surface area contributed by atoms with E-state index < -0.39 is 54.6 Å². The number of nitrogen functional groups attached to an aromatic ring is 1. The molecule has 2 aromatic heterocycles. The number of hydrogen-bond acceptors (Lipinski definition) is 8. The molecule has 15 nitrogen and oxygen atoms in total. The molecule has 2 atom stereocenters. The maximum Gasteiger partial charge on any atom is 0.326 e. The van der Waals surface area contributed by atoms with E-state index in [0.29, 0.717) is 23.9 Å². The summed E-state index contributed by atoms with van der Waals surface area (Å²) in [6.45, 7) is 0. The molecule has 0 unspecified atom stereocenters. The molecule has 0 fully saturated rings. The average Bonchev–Trinajstić information content (AvgIpc) is 3.24. The normalized spacial score (nSPS) is 12.4. The van der Waals surface area contributed by atoms with Crippen molar-refractivity contribution in [3.63, 3.8) is 0 Å². The Labute approximate surface area is 238 Å². The first-order valence-electron chi connectivity index (χ1n) is 13.1. The first kappa shape index (κ1) is 31.3. The van der Waals surface area contributed by atoms with Crippen molar-refractivity contribution in [1.82, 2.24) is 25.2 Å². The first-order valence-corrected chi connectivity index (χ1v) is 13.1. The number of nitrogens with two attached hydrogens (primary N) is 1. The van der Waals surface area contributed by atoms with Crippen molar-refractivity contribution < 1.29 is 39.3 Å². The summed E-state index contributed by atoms with van der Waals surface area (Å²) in [4.78, 5) is 77.1. The quantitative estimate of drug-likeness (QED) is 0.129. The Balaban J connectivity index is 1.51. The van der Waals surface area contributed by atoms with Crippen LogP contribution in [0.15, 0.2) is 35.1 Å². The number of carboxylic acid groups (broad SMARTS) is 3. The molecule has 0 bridgehead atoms. The van der Waals surface area contributed by atoms with Crippen molar-refractivity contribution in [2.24, 2.45) is 7.05 Å². The van der Waals surface area contributed by atoms with Gasteiger partial charge in [0.15, 0.2) is 0 Å². The van der Waals surface area contributed by atoms with Crippen molar-refractivity contribution >= 4 is 46.7 Å². The molecule has 15 heteroatoms. The lowest BCUT2D eigenvalue weighted by molar-refractivity contribution is -0.143. The summed E-state index contributed by atoms with van der Waals surface area (Å²) in [7, 11) is 1.81. The largest absolute Gasteiger partial charge is 0.481 e. The zero-order chi connectivity index (χ0) is 31.0. The Kier molecular flexibility index (Phi) is 10.4. The fraction of sp³-hybridized carbons (Fsp3) is 0.370. The van der Waals surface area contributed by atoms with E-state index in [9.17, 15) is 33.9 Å². The van der Waals surface area contributed by atoms with Crippen molar-refractivity contribution in [3.05, 3.63) is 57.5 Å². The minimum Gasteiger partial charge on any atom is -0.481 e. The maximum atomic E-state index is 12.7. The van der Waals surface area contributed by atoms with Crippen LogP contribution in [0.2, 0.25) is 0 Å². The van der Waals surface area contributed by atoms with E-state index in [1.165, 1.54) is 0 Å². The van der Waals surface area contributed by atoms with Gasteiger partial charge in [0.25, 0.3) is 11.5 Å². The number of aromatic nitrogens is 3. The van der Waals surface area contributed by atoms with Crippen LogP contribution in [-0.2, 0) is 39.1 Å². The number of rotatable bonds is 15. The van der Waals surface area contributed by atoms with Crippen LogP contribution >= 0.6 is 0 Å². The van der Waals surface area contributed by atoms with Gasteiger partial charge >= 0.3 is 17.9 Å². The number of nitrogens with one attached hydrogen (secondary N) is 3. The number of nitrogens with zero attached hydrogens (tertiary/aromatic N) is 2. The molecule has 0 saturated carbocycles. The molecular weight excluding hydrogens is 552 g/mol. The molecule has 0 radical (unpaired) electrons. The predicted molar refractivity (Wildman–Crippen MR) is 149 cm³/mol. The van der Waals surface area contributed by atoms with Gasteiger partial charge in [-0.25, -0.2) is 9.59 Å². The SMILES string of the molecule is Cn1c(CCCc2ccc(C(=O)N[C@@H](CCC(=O)N[C@@H](CCC(=O)O)C(=O)O)C(=O)O)cc2)cc2c(=O)[nH]c(N)nc21. The summed E-state index contributed by atoms with van der Waals surface area (Å²) in [5.74, 6) is -5.41. The van der Waals surface area contributed by atoms with Gasteiger partial charge in [0, 0.05) is 31.1 Å². The number of aliphatic carboxylic acids is 3. The van der Waals surface area contributed by atoms with E-state index in [2.05, 4.69) is 20.6 Å². The highest BCUT2D eigenvalue weighted by atomic mass is 16.4. The number of benzene rings is 1. The molecular formula is C27H32N6O9. The molecule has 2 amide bonds. The first-order chi connectivity index (χ1) is 19.8. The number of aryl methyl sites for hydroxylation is 3. The summed E-state index contributed by atoms with van der Waals surface area (Å²) in [5.41, 5.74) is 7.90. The highest BCUT2D eigenvalue weighted by molar-refractivity contribution is 5.96. The van der Waals surface area contributed by atoms with Crippen molar-refractivity contribution in [2.75, 3.05) is 5.73 Å². The van der Waals surface area contributed by atoms with Gasteiger partial charge in [0.1, 0.15) is 17.7 Å². The van der Waals surface area contributed by atoms with E-state index in [0.717, 1.165) is 17.7 Å². The fourth-order valence-corrected chi connectivity index (χ4v) is 4.38. The zero-order valence-corrected chi connectivity index (χ0v) is 22.8. The molecule has 3 aromatic rings. The van der Waals surface area contributed by atoms with Gasteiger partial charge in [-0.3, -0.25) is 24.2 Å². The minimum atomic E-state index is -1.43. The second kappa shape index (κ2) is 13.9. The molecule has 2 heterocycles. The molecule has 42 heavy (non-hydrogen) atoms. The zero-order valence-electron chi connectivity index (χ0n) is 22.8. The van der Waals surface area contributed by atoms with Crippen LogP contribution in [0.1, 0.15) is 53.7 Å². The fourth-order valence-electron chi connectivity index (χ4n) is 4.38. The van der Waals surface area contributed by atoms with E-state index in [4.69, 9.17) is 15.9 Å². The van der Waals surface area contributed by atoms with E-state index in [1.807, 2.05) is 11.6 Å². The van der Waals surface area contributed by atoms with E-state index in [1.54, 1.807) is 30.3 Å². The lowest BCUT2D eigenvalue weighted by Crippen LogP contribution is -2.44. The Morgan fingerprint density at radius 3 is 2.19 bits per heavy atom. The molecule has 0 aliphatic rings. The molecule has 1 aromatic carbocycles. The number of fused-ring (bicyclic) bond motifs is 1. The Hall–Kier alpha value is -5.21. The van der Waals surface area contributed by atoms with E-state index >= 15 is 0 Å². The number of carbonyl (C=O) groups is 5. The van der Waals surface area contributed by atoms with Gasteiger partial charge in [-0.1, -0.05) is 12.1 Å². The number of H-pyrrole nitrogens is 1. The second-order valence-electron chi connectivity index (χ2n) is 9.73. The number of aromatic amines is 1. The van der Waals surface area contributed by atoms with Gasteiger partial charge in [-0.05, 0) is 55.9 Å². The van der Waals surface area contributed by atoms with Crippen molar-refractivity contribution in [2.45, 2.75) is 57.0 Å². The lowest BCUT2D eigenvalue weighted by atomic mass is 10.0. The van der Waals surface area contributed by atoms with Crippen LogP contribution in [0.4, 0.5) is 5.95 Å². The summed E-state index contributed by atoms with van der Waals surface area (Å²) in [6.07, 6.45) is 0.569. The number of carbonyl (C=O) groups excluding carboxylic acids is 2. The van der Waals surface area contributed by atoms with Crippen LogP contribution in [-0.4, -0.2) is 71.7 Å². The van der Waals surface area contributed by atoms with Crippen LogP contribution in [0.3, 0.4) is 0 Å². The molecule has 224 valence electrons. The number of hydrogen-bond donors (Lipinski definition) is 7. The molecule has 0 aliphatic carbocycles. The van der Waals surface area contributed by atoms with Gasteiger partial charge in [-0.2, -0.15) is 4.98 Å². The third kappa shape index (κ3) is 8.39. The highest BCUT2D eigenvalue weighted by Crippen LogP contribution is 2.17. The van der Waals surface area contributed by atoms with Crippen LogP contribution in [0, 0.1) is 0 Å². The maximum absolute atomic E-state index is 12.7. The van der Waals surface area contributed by atoms with Gasteiger partial charge in [-0.15, -0.1) is 0 Å². The van der Waals surface area contributed by atoms with Crippen molar-refractivity contribution in [3.8, 4) is 0 Å². The minimum absolute atomic E-state index is 0.0448. The Bertz CT molecular complexity index is 1540.